The number of hydrogen-bond donors (Lipinski definition) is 1. The van der Waals surface area contributed by atoms with Crippen molar-refractivity contribution >= 4 is 11.6 Å². The van der Waals surface area contributed by atoms with Gasteiger partial charge in [0.1, 0.15) is 17.2 Å². The molecule has 0 saturated heterocycles. The van der Waals surface area contributed by atoms with Crippen LogP contribution >= 0.6 is 0 Å². The van der Waals surface area contributed by atoms with Gasteiger partial charge >= 0.3 is 0 Å². The molecule has 2 aromatic rings. The quantitative estimate of drug-likeness (QED) is 0.594. The zero-order chi connectivity index (χ0) is 18.6. The summed E-state index contributed by atoms with van der Waals surface area (Å²) in [6.07, 6.45) is 3.09. The molecule has 1 amide bonds. The van der Waals surface area contributed by atoms with Gasteiger partial charge in [-0.1, -0.05) is 25.5 Å². The van der Waals surface area contributed by atoms with Gasteiger partial charge in [-0.3, -0.25) is 4.79 Å². The summed E-state index contributed by atoms with van der Waals surface area (Å²) in [5, 5.41) is 2.92. The third kappa shape index (κ3) is 6.67. The molecule has 0 aliphatic rings. The maximum Gasteiger partial charge on any atom is 0.224 e. The van der Waals surface area contributed by atoms with E-state index < -0.39 is 0 Å². The average Bonchev–Trinajstić information content (AvgIpc) is 2.67. The Hall–Kier alpha value is -2.69. The predicted molar refractivity (Wildman–Crippen MR) is 103 cm³/mol. The van der Waals surface area contributed by atoms with Crippen LogP contribution in [0.15, 0.2) is 48.5 Å². The monoisotopic (exact) mass is 357 g/mol. The summed E-state index contributed by atoms with van der Waals surface area (Å²) in [5.74, 6) is 2.22. The summed E-state index contributed by atoms with van der Waals surface area (Å²) in [7, 11) is 1.63. The van der Waals surface area contributed by atoms with E-state index in [4.69, 9.17) is 14.2 Å². The summed E-state index contributed by atoms with van der Waals surface area (Å²) < 4.78 is 16.5. The Kier molecular flexibility index (Phi) is 8.33. The summed E-state index contributed by atoms with van der Waals surface area (Å²) in [6.45, 7) is 3.25. The van der Waals surface area contributed by atoms with Crippen LogP contribution in [0.1, 0.15) is 32.6 Å². The largest absolute Gasteiger partial charge is 0.497 e. The zero-order valence-electron chi connectivity index (χ0n) is 15.5. The highest BCUT2D eigenvalue weighted by atomic mass is 16.5. The third-order valence-electron chi connectivity index (χ3n) is 3.79. The van der Waals surface area contributed by atoms with Crippen molar-refractivity contribution in [3.05, 3.63) is 48.5 Å². The van der Waals surface area contributed by atoms with E-state index in [2.05, 4.69) is 12.2 Å². The number of para-hydroxylation sites is 2. The van der Waals surface area contributed by atoms with Gasteiger partial charge in [-0.2, -0.15) is 0 Å². The van der Waals surface area contributed by atoms with Gasteiger partial charge in [-0.05, 0) is 49.2 Å². The predicted octanol–water partition coefficient (Wildman–Crippen LogP) is 4.67. The fraction of sp³-hybridized carbons (Fsp3) is 0.381. The molecule has 5 heteroatoms. The number of benzene rings is 2. The first kappa shape index (κ1) is 19.6. The molecule has 0 saturated carbocycles. The number of amides is 1. The standard InChI is InChI=1S/C21H27NO4/c1-3-4-15-26-20-9-6-5-8-19(20)22-21(23)10-7-16-25-18-13-11-17(24-2)12-14-18/h5-6,8-9,11-14H,3-4,7,10,15-16H2,1-2H3,(H,22,23). The van der Waals surface area contributed by atoms with Crippen LogP contribution in [-0.4, -0.2) is 26.2 Å². The summed E-state index contributed by atoms with van der Waals surface area (Å²) in [6, 6.07) is 14.9. The smallest absolute Gasteiger partial charge is 0.224 e. The maximum atomic E-state index is 12.2. The number of rotatable bonds is 11. The highest BCUT2D eigenvalue weighted by Gasteiger charge is 2.07. The molecule has 5 nitrogen and oxygen atoms in total. The molecule has 2 rings (SSSR count). The topological polar surface area (TPSA) is 56.8 Å². The second-order valence-corrected chi connectivity index (χ2v) is 5.87. The van der Waals surface area contributed by atoms with Crippen LogP contribution in [-0.2, 0) is 4.79 Å². The van der Waals surface area contributed by atoms with Crippen LogP contribution in [0.25, 0.3) is 0 Å². The van der Waals surface area contributed by atoms with E-state index in [0.717, 1.165) is 24.3 Å². The molecule has 1 N–H and O–H groups in total. The molecule has 0 unspecified atom stereocenters. The Bertz CT molecular complexity index is 670. The van der Waals surface area contributed by atoms with E-state index >= 15 is 0 Å². The van der Waals surface area contributed by atoms with Crippen molar-refractivity contribution in [1.82, 2.24) is 0 Å². The minimum Gasteiger partial charge on any atom is -0.497 e. The lowest BCUT2D eigenvalue weighted by Gasteiger charge is -2.12. The highest BCUT2D eigenvalue weighted by Crippen LogP contribution is 2.24. The van der Waals surface area contributed by atoms with Crippen LogP contribution in [0.4, 0.5) is 5.69 Å². The van der Waals surface area contributed by atoms with Gasteiger partial charge in [0.15, 0.2) is 0 Å². The molecule has 140 valence electrons. The molecule has 0 heterocycles. The van der Waals surface area contributed by atoms with Crippen molar-refractivity contribution in [2.45, 2.75) is 32.6 Å². The van der Waals surface area contributed by atoms with Gasteiger partial charge in [0, 0.05) is 6.42 Å². The SMILES string of the molecule is CCCCOc1ccccc1NC(=O)CCCOc1ccc(OC)cc1. The normalized spacial score (nSPS) is 10.2. The number of carbonyl (C=O) groups excluding carboxylic acids is 1. The molecule has 0 spiro atoms. The summed E-state index contributed by atoms with van der Waals surface area (Å²) in [4.78, 5) is 12.2. The number of nitrogens with one attached hydrogen (secondary N) is 1. The highest BCUT2D eigenvalue weighted by molar-refractivity contribution is 5.92. The first-order valence-electron chi connectivity index (χ1n) is 9.01. The second-order valence-electron chi connectivity index (χ2n) is 5.87. The van der Waals surface area contributed by atoms with E-state index in [1.807, 2.05) is 48.5 Å². The van der Waals surface area contributed by atoms with Crippen molar-refractivity contribution in [2.24, 2.45) is 0 Å². The molecule has 0 bridgehead atoms. The number of hydrogen-bond acceptors (Lipinski definition) is 4. The third-order valence-corrected chi connectivity index (χ3v) is 3.79. The van der Waals surface area contributed by atoms with Crippen LogP contribution in [0.2, 0.25) is 0 Å². The second kappa shape index (κ2) is 11.0. The average molecular weight is 357 g/mol. The number of carbonyl (C=O) groups is 1. The van der Waals surface area contributed by atoms with E-state index in [1.165, 1.54) is 0 Å². The number of unbranched alkanes of at least 4 members (excludes halogenated alkanes) is 1. The molecule has 0 fully saturated rings. The first-order chi connectivity index (χ1) is 12.7. The van der Waals surface area contributed by atoms with E-state index in [9.17, 15) is 4.79 Å². The lowest BCUT2D eigenvalue weighted by Crippen LogP contribution is -2.14. The minimum atomic E-state index is -0.0464. The van der Waals surface area contributed by atoms with Crippen LogP contribution in [0.5, 0.6) is 17.2 Å². The maximum absolute atomic E-state index is 12.2. The van der Waals surface area contributed by atoms with E-state index in [-0.39, 0.29) is 5.91 Å². The Morgan fingerprint density at radius 2 is 1.62 bits per heavy atom. The summed E-state index contributed by atoms with van der Waals surface area (Å²) >= 11 is 0. The number of anilines is 1. The molecule has 0 aromatic heterocycles. The van der Waals surface area contributed by atoms with Gasteiger partial charge in [-0.15, -0.1) is 0 Å². The minimum absolute atomic E-state index is 0.0464. The molecule has 0 radical (unpaired) electrons. The van der Waals surface area contributed by atoms with E-state index in [0.29, 0.717) is 37.5 Å². The molecule has 0 aliphatic carbocycles. The van der Waals surface area contributed by atoms with Crippen molar-refractivity contribution in [1.29, 1.82) is 0 Å². The number of ether oxygens (including phenoxy) is 3. The Morgan fingerprint density at radius 1 is 0.923 bits per heavy atom. The summed E-state index contributed by atoms with van der Waals surface area (Å²) in [5.41, 5.74) is 0.713. The van der Waals surface area contributed by atoms with Crippen molar-refractivity contribution in [3.63, 3.8) is 0 Å². The van der Waals surface area contributed by atoms with Crippen molar-refractivity contribution in [3.8, 4) is 17.2 Å². The lowest BCUT2D eigenvalue weighted by atomic mass is 10.2. The van der Waals surface area contributed by atoms with Crippen LogP contribution in [0, 0.1) is 0 Å². The first-order valence-corrected chi connectivity index (χ1v) is 9.01. The van der Waals surface area contributed by atoms with Crippen molar-refractivity contribution < 1.29 is 19.0 Å². The Labute approximate surface area is 155 Å². The fourth-order valence-corrected chi connectivity index (χ4v) is 2.33. The van der Waals surface area contributed by atoms with Gasteiger partial charge in [0.25, 0.3) is 0 Å². The molecule has 0 atom stereocenters. The molecule has 26 heavy (non-hydrogen) atoms. The Balaban J connectivity index is 1.73. The van der Waals surface area contributed by atoms with Gasteiger partial charge in [0.2, 0.25) is 5.91 Å². The Morgan fingerprint density at radius 3 is 2.35 bits per heavy atom. The lowest BCUT2D eigenvalue weighted by molar-refractivity contribution is -0.116. The molecule has 2 aromatic carbocycles. The van der Waals surface area contributed by atoms with Gasteiger partial charge in [0.05, 0.1) is 26.0 Å². The van der Waals surface area contributed by atoms with E-state index in [1.54, 1.807) is 7.11 Å². The van der Waals surface area contributed by atoms with Crippen molar-refractivity contribution in [2.75, 3.05) is 25.6 Å². The molecular weight excluding hydrogens is 330 g/mol. The van der Waals surface area contributed by atoms with Crippen LogP contribution in [0.3, 0.4) is 0 Å². The van der Waals surface area contributed by atoms with Gasteiger partial charge in [-0.25, -0.2) is 0 Å². The molecule has 0 aliphatic heterocycles. The van der Waals surface area contributed by atoms with Crippen LogP contribution < -0.4 is 19.5 Å². The number of methoxy groups -OCH3 is 1. The zero-order valence-corrected chi connectivity index (χ0v) is 15.5. The molecular formula is C21H27NO4. The fourth-order valence-electron chi connectivity index (χ4n) is 2.33. The van der Waals surface area contributed by atoms with Gasteiger partial charge < -0.3 is 19.5 Å².